The Labute approximate surface area is 111 Å². The van der Waals surface area contributed by atoms with Crippen molar-refractivity contribution in [3.63, 3.8) is 0 Å². The summed E-state index contributed by atoms with van der Waals surface area (Å²) >= 11 is 0. The Morgan fingerprint density at radius 1 is 1.16 bits per heavy atom. The van der Waals surface area contributed by atoms with Gasteiger partial charge in [-0.3, -0.25) is 0 Å². The number of nitrogens with zero attached hydrogens (tertiary/aromatic N) is 4. The fourth-order valence-corrected chi connectivity index (χ4v) is 2.05. The predicted molar refractivity (Wildman–Crippen MR) is 74.5 cm³/mol. The molecule has 0 aliphatic heterocycles. The van der Waals surface area contributed by atoms with E-state index in [4.69, 9.17) is 5.73 Å². The maximum Gasteiger partial charge on any atom is 0.163 e. The van der Waals surface area contributed by atoms with Crippen molar-refractivity contribution in [2.75, 3.05) is 6.54 Å². The van der Waals surface area contributed by atoms with Crippen LogP contribution in [-0.2, 0) is 13.5 Å². The molecule has 2 aromatic heterocycles. The molecule has 0 saturated heterocycles. The van der Waals surface area contributed by atoms with Gasteiger partial charge in [-0.2, -0.15) is 0 Å². The van der Waals surface area contributed by atoms with Gasteiger partial charge in [0.05, 0.1) is 12.5 Å². The molecule has 2 N–H and O–H groups in total. The predicted octanol–water partition coefficient (Wildman–Crippen LogP) is 1.53. The van der Waals surface area contributed by atoms with Crippen LogP contribution in [0.1, 0.15) is 5.56 Å². The molecule has 0 aliphatic carbocycles. The first-order chi connectivity index (χ1) is 9.28. The summed E-state index contributed by atoms with van der Waals surface area (Å²) in [6, 6.07) is 8.20. The highest BCUT2D eigenvalue weighted by Crippen LogP contribution is 2.18. The molecule has 5 nitrogen and oxygen atoms in total. The van der Waals surface area contributed by atoms with Crippen LogP contribution in [0.25, 0.3) is 22.6 Å². The summed E-state index contributed by atoms with van der Waals surface area (Å²) in [5, 5.41) is 0. The van der Waals surface area contributed by atoms with E-state index in [2.05, 4.69) is 27.1 Å². The molecule has 0 fully saturated rings. The second kappa shape index (κ2) is 4.78. The van der Waals surface area contributed by atoms with Crippen LogP contribution in [-0.4, -0.2) is 26.1 Å². The SMILES string of the molecule is Cn1cnc2cnc(-c3ccc(CCN)cc3)nc21. The van der Waals surface area contributed by atoms with Crippen molar-refractivity contribution < 1.29 is 0 Å². The van der Waals surface area contributed by atoms with Gasteiger partial charge in [0.25, 0.3) is 0 Å². The van der Waals surface area contributed by atoms with Crippen LogP contribution in [0, 0.1) is 0 Å². The monoisotopic (exact) mass is 253 g/mol. The van der Waals surface area contributed by atoms with Gasteiger partial charge in [-0.15, -0.1) is 0 Å². The number of benzene rings is 1. The lowest BCUT2D eigenvalue weighted by Crippen LogP contribution is -2.02. The molecule has 0 saturated carbocycles. The third-order valence-electron chi connectivity index (χ3n) is 3.10. The molecular formula is C14H15N5. The molecule has 0 atom stereocenters. The fourth-order valence-electron chi connectivity index (χ4n) is 2.05. The minimum absolute atomic E-state index is 0.664. The van der Waals surface area contributed by atoms with E-state index in [1.54, 1.807) is 12.5 Å². The number of hydrogen-bond acceptors (Lipinski definition) is 4. The van der Waals surface area contributed by atoms with Gasteiger partial charge in [-0.1, -0.05) is 24.3 Å². The number of nitrogens with two attached hydrogens (primary N) is 1. The molecule has 96 valence electrons. The van der Waals surface area contributed by atoms with Crippen LogP contribution < -0.4 is 5.73 Å². The molecule has 3 rings (SSSR count). The van der Waals surface area contributed by atoms with E-state index < -0.39 is 0 Å². The summed E-state index contributed by atoms with van der Waals surface area (Å²) in [6.07, 6.45) is 4.39. The van der Waals surface area contributed by atoms with Crippen molar-refractivity contribution in [2.24, 2.45) is 12.8 Å². The molecular weight excluding hydrogens is 238 g/mol. The summed E-state index contributed by atoms with van der Waals surface area (Å²) in [6.45, 7) is 0.664. The van der Waals surface area contributed by atoms with Gasteiger partial charge in [-0.05, 0) is 18.5 Å². The van der Waals surface area contributed by atoms with E-state index in [9.17, 15) is 0 Å². The highest BCUT2D eigenvalue weighted by molar-refractivity contribution is 5.72. The maximum atomic E-state index is 5.54. The Kier molecular flexibility index (Phi) is 2.97. The number of aryl methyl sites for hydroxylation is 1. The fraction of sp³-hybridized carbons (Fsp3) is 0.214. The van der Waals surface area contributed by atoms with Crippen LogP contribution in [0.15, 0.2) is 36.8 Å². The lowest BCUT2D eigenvalue weighted by atomic mass is 10.1. The van der Waals surface area contributed by atoms with Crippen molar-refractivity contribution in [2.45, 2.75) is 6.42 Å². The zero-order valence-electron chi connectivity index (χ0n) is 10.7. The molecule has 5 heteroatoms. The Hall–Kier alpha value is -2.27. The Morgan fingerprint density at radius 2 is 1.95 bits per heavy atom. The second-order valence-corrected chi connectivity index (χ2v) is 4.49. The zero-order chi connectivity index (χ0) is 13.2. The minimum Gasteiger partial charge on any atom is -0.330 e. The Morgan fingerprint density at radius 3 is 2.68 bits per heavy atom. The van der Waals surface area contributed by atoms with E-state index in [1.165, 1.54) is 5.56 Å². The molecule has 0 unspecified atom stereocenters. The van der Waals surface area contributed by atoms with Gasteiger partial charge >= 0.3 is 0 Å². The molecule has 0 radical (unpaired) electrons. The summed E-state index contributed by atoms with van der Waals surface area (Å²) in [4.78, 5) is 13.1. The van der Waals surface area contributed by atoms with Gasteiger partial charge in [0.15, 0.2) is 11.5 Å². The third-order valence-corrected chi connectivity index (χ3v) is 3.10. The first kappa shape index (κ1) is 11.8. The summed E-state index contributed by atoms with van der Waals surface area (Å²) in [5.74, 6) is 0.718. The molecule has 2 heterocycles. The van der Waals surface area contributed by atoms with Gasteiger partial charge in [0.2, 0.25) is 0 Å². The molecule has 3 aromatic rings. The number of aromatic nitrogens is 4. The molecule has 19 heavy (non-hydrogen) atoms. The number of hydrogen-bond donors (Lipinski definition) is 1. The van der Waals surface area contributed by atoms with E-state index in [1.807, 2.05) is 23.7 Å². The van der Waals surface area contributed by atoms with Crippen LogP contribution in [0.3, 0.4) is 0 Å². The standard InChI is InChI=1S/C14H15N5/c1-19-9-17-12-8-16-13(18-14(12)19)11-4-2-10(3-5-11)6-7-15/h2-5,8-9H,6-7,15H2,1H3. The minimum atomic E-state index is 0.664. The van der Waals surface area contributed by atoms with E-state index in [0.717, 1.165) is 29.0 Å². The number of rotatable bonds is 3. The van der Waals surface area contributed by atoms with Crippen LogP contribution in [0.5, 0.6) is 0 Å². The normalized spacial score (nSPS) is 11.1. The smallest absolute Gasteiger partial charge is 0.163 e. The van der Waals surface area contributed by atoms with Gasteiger partial charge in [0, 0.05) is 12.6 Å². The molecule has 0 spiro atoms. The van der Waals surface area contributed by atoms with E-state index >= 15 is 0 Å². The first-order valence-electron chi connectivity index (χ1n) is 6.21. The lowest BCUT2D eigenvalue weighted by Gasteiger charge is -2.03. The third kappa shape index (κ3) is 2.20. The van der Waals surface area contributed by atoms with Crippen molar-refractivity contribution in [3.8, 4) is 11.4 Å². The maximum absolute atomic E-state index is 5.54. The number of imidazole rings is 1. The van der Waals surface area contributed by atoms with Crippen molar-refractivity contribution in [1.29, 1.82) is 0 Å². The zero-order valence-corrected chi connectivity index (χ0v) is 10.7. The average Bonchev–Trinajstić information content (AvgIpc) is 2.81. The van der Waals surface area contributed by atoms with Gasteiger partial charge in [0.1, 0.15) is 5.52 Å². The summed E-state index contributed by atoms with van der Waals surface area (Å²) in [5.41, 5.74) is 9.43. The van der Waals surface area contributed by atoms with E-state index in [-0.39, 0.29) is 0 Å². The van der Waals surface area contributed by atoms with Crippen LogP contribution >= 0.6 is 0 Å². The quantitative estimate of drug-likeness (QED) is 0.768. The van der Waals surface area contributed by atoms with Crippen molar-refractivity contribution in [3.05, 3.63) is 42.4 Å². The number of fused-ring (bicyclic) bond motifs is 1. The van der Waals surface area contributed by atoms with Crippen LogP contribution in [0.2, 0.25) is 0 Å². The highest BCUT2D eigenvalue weighted by atomic mass is 15.1. The van der Waals surface area contributed by atoms with Crippen LogP contribution in [0.4, 0.5) is 0 Å². The Bertz CT molecular complexity index is 699. The summed E-state index contributed by atoms with van der Waals surface area (Å²) in [7, 11) is 1.93. The van der Waals surface area contributed by atoms with Gasteiger partial charge in [-0.25, -0.2) is 15.0 Å². The molecule has 0 amide bonds. The van der Waals surface area contributed by atoms with Gasteiger partial charge < -0.3 is 10.3 Å². The highest BCUT2D eigenvalue weighted by Gasteiger charge is 2.06. The molecule has 0 aliphatic rings. The lowest BCUT2D eigenvalue weighted by molar-refractivity contribution is 0.929. The molecule has 1 aromatic carbocycles. The molecule has 0 bridgehead atoms. The van der Waals surface area contributed by atoms with E-state index in [0.29, 0.717) is 6.54 Å². The topological polar surface area (TPSA) is 69.6 Å². The second-order valence-electron chi connectivity index (χ2n) is 4.49. The summed E-state index contributed by atoms with van der Waals surface area (Å²) < 4.78 is 1.89. The average molecular weight is 253 g/mol. The van der Waals surface area contributed by atoms with Crippen molar-refractivity contribution >= 4 is 11.2 Å². The largest absolute Gasteiger partial charge is 0.330 e. The Balaban J connectivity index is 2.00. The van der Waals surface area contributed by atoms with Crippen molar-refractivity contribution in [1.82, 2.24) is 19.5 Å². The first-order valence-corrected chi connectivity index (χ1v) is 6.21.